The van der Waals surface area contributed by atoms with Gasteiger partial charge in [0.15, 0.2) is 0 Å². The molecule has 2 aliphatic rings. The normalized spacial score (nSPS) is 19.5. The number of likely N-dealkylation sites (tertiary alicyclic amines) is 1. The second-order valence-electron chi connectivity index (χ2n) is 10.2. The van der Waals surface area contributed by atoms with Crippen LogP contribution in [0.1, 0.15) is 70.4 Å². The van der Waals surface area contributed by atoms with Gasteiger partial charge < -0.3 is 26.0 Å². The van der Waals surface area contributed by atoms with Crippen LogP contribution < -0.4 is 16.4 Å². The first-order chi connectivity index (χ1) is 16.0. The smallest absolute Gasteiger partial charge is 0.408 e. The summed E-state index contributed by atoms with van der Waals surface area (Å²) in [6.45, 7) is 6.16. The molecule has 0 unspecified atom stereocenters. The predicted octanol–water partition coefficient (Wildman–Crippen LogP) is 2.66. The number of nitrogens with zero attached hydrogens (tertiary/aromatic N) is 1. The highest BCUT2D eigenvalue weighted by Crippen LogP contribution is 2.30. The third-order valence-electron chi connectivity index (χ3n) is 6.40. The van der Waals surface area contributed by atoms with Crippen molar-refractivity contribution in [1.82, 2.24) is 15.5 Å². The molecule has 1 aromatic rings. The lowest BCUT2D eigenvalue weighted by atomic mass is 9.82. The first-order valence-corrected chi connectivity index (χ1v) is 12.1. The molecule has 2 fully saturated rings. The second-order valence-corrected chi connectivity index (χ2v) is 10.2. The maximum absolute atomic E-state index is 13.5. The molecule has 186 valence electrons. The van der Waals surface area contributed by atoms with Gasteiger partial charge in [-0.1, -0.05) is 43.5 Å². The fourth-order valence-corrected chi connectivity index (χ4v) is 4.49. The minimum Gasteiger partial charge on any atom is -0.444 e. The summed E-state index contributed by atoms with van der Waals surface area (Å²) in [6.07, 6.45) is 4.90. The van der Waals surface area contributed by atoms with Gasteiger partial charge in [-0.2, -0.15) is 0 Å². The van der Waals surface area contributed by atoms with Gasteiger partial charge in [0.25, 0.3) is 0 Å². The first kappa shape index (κ1) is 25.5. The lowest BCUT2D eigenvalue weighted by Crippen LogP contribution is -2.63. The Bertz CT molecular complexity index is 903. The molecule has 1 aliphatic heterocycles. The van der Waals surface area contributed by atoms with Crippen LogP contribution in [0.25, 0.3) is 0 Å². The largest absolute Gasteiger partial charge is 0.444 e. The highest BCUT2D eigenvalue weighted by atomic mass is 16.6. The van der Waals surface area contributed by atoms with Crippen molar-refractivity contribution in [1.29, 1.82) is 5.41 Å². The zero-order valence-electron chi connectivity index (χ0n) is 20.4. The number of rotatable bonds is 7. The summed E-state index contributed by atoms with van der Waals surface area (Å²) in [7, 11) is 0. The maximum atomic E-state index is 13.5. The van der Waals surface area contributed by atoms with E-state index in [1.807, 2.05) is 12.1 Å². The van der Waals surface area contributed by atoms with E-state index in [4.69, 9.17) is 15.9 Å². The fraction of sp³-hybridized carbons (Fsp3) is 0.600. The number of alkyl carbamates (subject to hydrolysis) is 1. The zero-order chi connectivity index (χ0) is 24.9. The number of carbonyl (C=O) groups excluding carboxylic acids is 3. The number of hydrogen-bond acceptors (Lipinski definition) is 5. The third kappa shape index (κ3) is 6.71. The summed E-state index contributed by atoms with van der Waals surface area (Å²) < 4.78 is 5.40. The van der Waals surface area contributed by atoms with Crippen LogP contribution in [0.4, 0.5) is 4.79 Å². The van der Waals surface area contributed by atoms with E-state index in [9.17, 15) is 14.4 Å². The van der Waals surface area contributed by atoms with Crippen LogP contribution in [-0.2, 0) is 20.9 Å². The van der Waals surface area contributed by atoms with Gasteiger partial charge in [-0.3, -0.25) is 15.0 Å². The van der Waals surface area contributed by atoms with Gasteiger partial charge in [-0.25, -0.2) is 4.79 Å². The summed E-state index contributed by atoms with van der Waals surface area (Å²) in [5.41, 5.74) is 6.31. The van der Waals surface area contributed by atoms with E-state index in [2.05, 4.69) is 10.6 Å². The quantitative estimate of drug-likeness (QED) is 0.358. The Hall–Kier alpha value is -3.10. The number of amidine groups is 1. The van der Waals surface area contributed by atoms with E-state index < -0.39 is 23.8 Å². The van der Waals surface area contributed by atoms with Gasteiger partial charge in [0, 0.05) is 18.7 Å². The average Bonchev–Trinajstić information content (AvgIpc) is 2.75. The van der Waals surface area contributed by atoms with Crippen LogP contribution in [0, 0.1) is 11.3 Å². The molecule has 9 nitrogen and oxygen atoms in total. The monoisotopic (exact) mass is 471 g/mol. The Morgan fingerprint density at radius 1 is 1.12 bits per heavy atom. The molecule has 0 spiro atoms. The maximum Gasteiger partial charge on any atom is 0.408 e. The van der Waals surface area contributed by atoms with Crippen LogP contribution in [0.3, 0.4) is 0 Å². The number of nitrogens with one attached hydrogen (secondary N) is 3. The van der Waals surface area contributed by atoms with Crippen LogP contribution in [0.2, 0.25) is 0 Å². The van der Waals surface area contributed by atoms with Crippen LogP contribution in [-0.4, -0.2) is 52.9 Å². The molecule has 0 bridgehead atoms. The molecular formula is C25H37N5O4. The Labute approximate surface area is 201 Å². The molecular weight excluding hydrogens is 434 g/mol. The van der Waals surface area contributed by atoms with E-state index in [0.29, 0.717) is 25.1 Å². The number of amides is 3. The van der Waals surface area contributed by atoms with Crippen LogP contribution in [0.15, 0.2) is 24.3 Å². The predicted molar refractivity (Wildman–Crippen MR) is 129 cm³/mol. The van der Waals surface area contributed by atoms with Crippen molar-refractivity contribution >= 4 is 23.7 Å². The zero-order valence-corrected chi connectivity index (χ0v) is 20.4. The molecule has 3 amide bonds. The van der Waals surface area contributed by atoms with Crippen molar-refractivity contribution in [3.63, 3.8) is 0 Å². The molecule has 2 atom stereocenters. The van der Waals surface area contributed by atoms with Crippen LogP contribution in [0.5, 0.6) is 0 Å². The fourth-order valence-electron chi connectivity index (χ4n) is 4.49. The Morgan fingerprint density at radius 3 is 2.29 bits per heavy atom. The lowest BCUT2D eigenvalue weighted by molar-refractivity contribution is -0.150. The second kappa shape index (κ2) is 10.9. The molecule has 1 heterocycles. The molecule has 3 rings (SSSR count). The molecule has 5 N–H and O–H groups in total. The minimum atomic E-state index is -0.690. The number of nitrogen functional groups attached to an aromatic ring is 1. The highest BCUT2D eigenvalue weighted by Gasteiger charge is 2.43. The van der Waals surface area contributed by atoms with Crippen LogP contribution >= 0.6 is 0 Å². The van der Waals surface area contributed by atoms with Crippen molar-refractivity contribution < 1.29 is 19.1 Å². The van der Waals surface area contributed by atoms with Gasteiger partial charge in [0.1, 0.15) is 23.5 Å². The minimum absolute atomic E-state index is 0.00767. The number of benzene rings is 1. The van der Waals surface area contributed by atoms with Gasteiger partial charge >= 0.3 is 6.09 Å². The summed E-state index contributed by atoms with van der Waals surface area (Å²) in [4.78, 5) is 40.3. The molecule has 1 aliphatic carbocycles. The highest BCUT2D eigenvalue weighted by molar-refractivity contribution is 5.95. The van der Waals surface area contributed by atoms with Crippen molar-refractivity contribution in [2.45, 2.75) is 83.5 Å². The Morgan fingerprint density at radius 2 is 1.76 bits per heavy atom. The van der Waals surface area contributed by atoms with Crippen molar-refractivity contribution in [3.05, 3.63) is 35.4 Å². The molecule has 1 saturated carbocycles. The van der Waals surface area contributed by atoms with Gasteiger partial charge in [0.05, 0.1) is 0 Å². The standard InChI is InChI=1S/C25H37N5O4/c1-25(2,3)34-24(33)29-20(17-7-5-4-6-8-17)23(32)30-14-13-19(30)22(31)28-15-16-9-11-18(12-10-16)21(26)27/h9-12,17,19-20H,4-8,13-15H2,1-3H3,(H3,26,27)(H,28,31)(H,29,33)/t19-,20+/m0/s1. The summed E-state index contributed by atoms with van der Waals surface area (Å²) in [5.74, 6) is -0.394. The SMILES string of the molecule is CC(C)(C)OC(=O)N[C@@H](C(=O)N1CC[C@H]1C(=O)NCc1ccc(C(=N)N)cc1)C1CCCCC1. The average molecular weight is 472 g/mol. The van der Waals surface area contributed by atoms with E-state index in [1.54, 1.807) is 37.8 Å². The van der Waals surface area contributed by atoms with Gasteiger partial charge in [0.2, 0.25) is 11.8 Å². The topological polar surface area (TPSA) is 138 Å². The number of hydrogen-bond donors (Lipinski definition) is 4. The number of carbonyl (C=O) groups is 3. The summed E-state index contributed by atoms with van der Waals surface area (Å²) in [6, 6.07) is 5.86. The summed E-state index contributed by atoms with van der Waals surface area (Å²) >= 11 is 0. The molecule has 0 aromatic heterocycles. The van der Waals surface area contributed by atoms with Crippen molar-refractivity contribution in [2.24, 2.45) is 11.7 Å². The molecule has 0 radical (unpaired) electrons. The summed E-state index contributed by atoms with van der Waals surface area (Å²) in [5, 5.41) is 13.2. The first-order valence-electron chi connectivity index (χ1n) is 12.1. The van der Waals surface area contributed by atoms with Crippen molar-refractivity contribution in [2.75, 3.05) is 6.54 Å². The van der Waals surface area contributed by atoms with Gasteiger partial charge in [-0.05, 0) is 51.5 Å². The number of ether oxygens (including phenoxy) is 1. The van der Waals surface area contributed by atoms with E-state index in [-0.39, 0.29) is 23.6 Å². The Kier molecular flexibility index (Phi) is 8.17. The van der Waals surface area contributed by atoms with E-state index in [0.717, 1.165) is 37.7 Å². The molecule has 34 heavy (non-hydrogen) atoms. The Balaban J connectivity index is 1.62. The molecule has 9 heteroatoms. The third-order valence-corrected chi connectivity index (χ3v) is 6.40. The van der Waals surface area contributed by atoms with E-state index in [1.165, 1.54) is 0 Å². The molecule has 1 aromatic carbocycles. The number of nitrogens with two attached hydrogens (primary N) is 1. The lowest BCUT2D eigenvalue weighted by Gasteiger charge is -2.43. The van der Waals surface area contributed by atoms with Crippen molar-refractivity contribution in [3.8, 4) is 0 Å². The van der Waals surface area contributed by atoms with Gasteiger partial charge in [-0.15, -0.1) is 0 Å². The molecule has 1 saturated heterocycles. The van der Waals surface area contributed by atoms with E-state index >= 15 is 0 Å².